The minimum atomic E-state index is -3.76. The van der Waals surface area contributed by atoms with Gasteiger partial charge in [0.15, 0.2) is 0 Å². The predicted molar refractivity (Wildman–Crippen MR) is 66.4 cm³/mol. The largest absolute Gasteiger partial charge is 0.477 e. The van der Waals surface area contributed by atoms with Gasteiger partial charge in [-0.2, -0.15) is 4.31 Å². The minimum Gasteiger partial charge on any atom is -0.477 e. The number of sulfonamides is 1. The molecule has 7 nitrogen and oxygen atoms in total. The van der Waals surface area contributed by atoms with Crippen LogP contribution in [0.5, 0.6) is 0 Å². The molecule has 1 aliphatic rings. The van der Waals surface area contributed by atoms with Gasteiger partial charge in [-0.15, -0.1) is 0 Å². The van der Waals surface area contributed by atoms with Gasteiger partial charge in [-0.05, 0) is 19.4 Å². The van der Waals surface area contributed by atoms with Gasteiger partial charge in [-0.25, -0.2) is 13.2 Å². The van der Waals surface area contributed by atoms with Crippen LogP contribution in [0.25, 0.3) is 0 Å². The lowest BCUT2D eigenvalue weighted by atomic mass is 10.1. The second-order valence-corrected chi connectivity index (χ2v) is 7.00. The van der Waals surface area contributed by atoms with Gasteiger partial charge < -0.3 is 14.8 Å². The molecule has 106 valence electrons. The standard InChI is InChI=1S/C11H16N2O5S/c1-11(16)3-4-13(7-11)19(17,18)8-5-9(10(14)15)12(2)6-8/h5-6,16H,3-4,7H2,1-2H3,(H,14,15). The van der Waals surface area contributed by atoms with Gasteiger partial charge >= 0.3 is 5.97 Å². The van der Waals surface area contributed by atoms with E-state index in [0.717, 1.165) is 6.07 Å². The number of hydrogen-bond acceptors (Lipinski definition) is 4. The molecule has 1 aromatic rings. The number of carbonyl (C=O) groups is 1. The van der Waals surface area contributed by atoms with Gasteiger partial charge in [0.05, 0.1) is 5.60 Å². The van der Waals surface area contributed by atoms with Crippen LogP contribution in [0.4, 0.5) is 0 Å². The van der Waals surface area contributed by atoms with Gasteiger partial charge in [0.1, 0.15) is 10.6 Å². The van der Waals surface area contributed by atoms with Crippen LogP contribution in [-0.2, 0) is 17.1 Å². The summed E-state index contributed by atoms with van der Waals surface area (Å²) in [7, 11) is -2.28. The molecule has 2 N–H and O–H groups in total. The Labute approximate surface area is 111 Å². The highest BCUT2D eigenvalue weighted by atomic mass is 32.2. The van der Waals surface area contributed by atoms with E-state index < -0.39 is 21.6 Å². The van der Waals surface area contributed by atoms with E-state index in [2.05, 4.69) is 0 Å². The third-order valence-corrected chi connectivity index (χ3v) is 5.06. The fourth-order valence-electron chi connectivity index (χ4n) is 2.15. The normalized spacial score (nSPS) is 24.8. The number of carboxylic acids is 1. The number of aromatic nitrogens is 1. The van der Waals surface area contributed by atoms with Crippen LogP contribution in [0.1, 0.15) is 23.8 Å². The number of aromatic carboxylic acids is 1. The Kier molecular flexibility index (Phi) is 3.20. The quantitative estimate of drug-likeness (QED) is 0.807. The molecule has 0 amide bonds. The summed E-state index contributed by atoms with van der Waals surface area (Å²) in [6.45, 7) is 1.83. The van der Waals surface area contributed by atoms with Crippen molar-refractivity contribution in [3.05, 3.63) is 18.0 Å². The topological polar surface area (TPSA) is 99.8 Å². The van der Waals surface area contributed by atoms with Crippen molar-refractivity contribution < 1.29 is 23.4 Å². The van der Waals surface area contributed by atoms with E-state index in [9.17, 15) is 18.3 Å². The summed E-state index contributed by atoms with van der Waals surface area (Å²) >= 11 is 0. The lowest BCUT2D eigenvalue weighted by Gasteiger charge is -2.18. The molecule has 1 atom stereocenters. The number of aliphatic hydroxyl groups is 1. The molecule has 0 aromatic carbocycles. The molecule has 1 aliphatic heterocycles. The summed E-state index contributed by atoms with van der Waals surface area (Å²) in [5, 5.41) is 18.7. The van der Waals surface area contributed by atoms with Crippen LogP contribution < -0.4 is 0 Å². The highest BCUT2D eigenvalue weighted by molar-refractivity contribution is 7.89. The van der Waals surface area contributed by atoms with Crippen molar-refractivity contribution in [2.24, 2.45) is 7.05 Å². The summed E-state index contributed by atoms with van der Waals surface area (Å²) < 4.78 is 27.1. The number of rotatable bonds is 3. The first-order chi connectivity index (χ1) is 8.63. The minimum absolute atomic E-state index is 0.0205. The molecule has 8 heteroatoms. The van der Waals surface area contributed by atoms with Gasteiger partial charge in [-0.1, -0.05) is 0 Å². The van der Waals surface area contributed by atoms with E-state index in [1.165, 1.54) is 22.1 Å². The van der Waals surface area contributed by atoms with Gasteiger partial charge in [0.2, 0.25) is 10.0 Å². The molecule has 2 heterocycles. The maximum absolute atomic E-state index is 12.3. The maximum atomic E-state index is 12.3. The van der Waals surface area contributed by atoms with E-state index in [1.54, 1.807) is 6.92 Å². The first-order valence-corrected chi connectivity index (χ1v) is 7.20. The molecule has 19 heavy (non-hydrogen) atoms. The molecule has 0 bridgehead atoms. The zero-order chi connectivity index (χ0) is 14.4. The third-order valence-electron chi connectivity index (χ3n) is 3.25. The Balaban J connectivity index is 2.36. The van der Waals surface area contributed by atoms with Crippen molar-refractivity contribution in [1.82, 2.24) is 8.87 Å². The van der Waals surface area contributed by atoms with Crippen molar-refractivity contribution in [3.63, 3.8) is 0 Å². The Hall–Kier alpha value is -1.38. The lowest BCUT2D eigenvalue weighted by Crippen LogP contribution is -2.33. The average Bonchev–Trinajstić information content (AvgIpc) is 2.82. The maximum Gasteiger partial charge on any atom is 0.352 e. The summed E-state index contributed by atoms with van der Waals surface area (Å²) in [6, 6.07) is 1.13. The van der Waals surface area contributed by atoms with Crippen LogP contribution in [0.15, 0.2) is 17.2 Å². The van der Waals surface area contributed by atoms with Crippen LogP contribution in [0.2, 0.25) is 0 Å². The molecule has 0 aliphatic carbocycles. The number of β-amino-alcohol motifs (C(OH)–C–C–N with tert-alkyl or cyclic N) is 1. The monoisotopic (exact) mass is 288 g/mol. The van der Waals surface area contributed by atoms with Crippen molar-refractivity contribution >= 4 is 16.0 Å². The second-order valence-electron chi connectivity index (χ2n) is 5.06. The smallest absolute Gasteiger partial charge is 0.352 e. The summed E-state index contributed by atoms with van der Waals surface area (Å²) in [5.41, 5.74) is -1.12. The van der Waals surface area contributed by atoms with Crippen molar-refractivity contribution in [2.75, 3.05) is 13.1 Å². The Morgan fingerprint density at radius 3 is 2.53 bits per heavy atom. The summed E-state index contributed by atoms with van der Waals surface area (Å²) in [4.78, 5) is 10.9. The number of hydrogen-bond donors (Lipinski definition) is 2. The molecule has 2 rings (SSSR count). The second kappa shape index (κ2) is 4.32. The van der Waals surface area contributed by atoms with Crippen molar-refractivity contribution in [2.45, 2.75) is 23.8 Å². The van der Waals surface area contributed by atoms with Crippen molar-refractivity contribution in [1.29, 1.82) is 0 Å². The van der Waals surface area contributed by atoms with E-state index in [-0.39, 0.29) is 23.7 Å². The fraction of sp³-hybridized carbons (Fsp3) is 0.545. The third kappa shape index (κ3) is 2.51. The fourth-order valence-corrected chi connectivity index (χ4v) is 3.78. The molecule has 1 saturated heterocycles. The number of nitrogens with zero attached hydrogens (tertiary/aromatic N) is 2. The number of aryl methyl sites for hydroxylation is 1. The van der Waals surface area contributed by atoms with Crippen LogP contribution in [0, 0.1) is 0 Å². The van der Waals surface area contributed by atoms with Crippen molar-refractivity contribution in [3.8, 4) is 0 Å². The van der Waals surface area contributed by atoms with Crippen LogP contribution in [0.3, 0.4) is 0 Å². The van der Waals surface area contributed by atoms with E-state index >= 15 is 0 Å². The molecule has 0 saturated carbocycles. The van der Waals surface area contributed by atoms with E-state index in [4.69, 9.17) is 5.11 Å². The first-order valence-electron chi connectivity index (χ1n) is 5.76. The van der Waals surface area contributed by atoms with Gasteiger partial charge in [0, 0.05) is 26.3 Å². The summed E-state index contributed by atoms with van der Waals surface area (Å²) in [5.74, 6) is -1.18. The predicted octanol–water partition coefficient (Wildman–Crippen LogP) is -0.131. The molecule has 1 aromatic heterocycles. The average molecular weight is 288 g/mol. The molecule has 1 unspecified atom stereocenters. The van der Waals surface area contributed by atoms with Gasteiger partial charge in [0.25, 0.3) is 0 Å². The van der Waals surface area contributed by atoms with Crippen LogP contribution in [-0.4, -0.2) is 52.2 Å². The highest BCUT2D eigenvalue weighted by Crippen LogP contribution is 2.27. The van der Waals surface area contributed by atoms with Crippen LogP contribution >= 0.6 is 0 Å². The highest BCUT2D eigenvalue weighted by Gasteiger charge is 2.39. The SMILES string of the molecule is Cn1cc(S(=O)(=O)N2CCC(C)(O)C2)cc1C(=O)O. The zero-order valence-corrected chi connectivity index (χ0v) is 11.5. The first kappa shape index (κ1) is 14.0. The van der Waals surface area contributed by atoms with Gasteiger partial charge in [-0.3, -0.25) is 0 Å². The summed E-state index contributed by atoms with van der Waals surface area (Å²) in [6.07, 6.45) is 1.64. The molecule has 0 radical (unpaired) electrons. The molecule has 0 spiro atoms. The Morgan fingerprint density at radius 1 is 1.47 bits per heavy atom. The Bertz CT molecular complexity index is 617. The number of carboxylic acid groups (broad SMARTS) is 1. The van der Waals surface area contributed by atoms with E-state index in [1.807, 2.05) is 0 Å². The molecular formula is C11H16N2O5S. The zero-order valence-electron chi connectivity index (χ0n) is 10.7. The molecule has 1 fully saturated rings. The van der Waals surface area contributed by atoms with E-state index in [0.29, 0.717) is 6.42 Å². The Morgan fingerprint density at radius 2 is 2.11 bits per heavy atom. The lowest BCUT2D eigenvalue weighted by molar-refractivity contribution is 0.0685. The molecular weight excluding hydrogens is 272 g/mol.